The Hall–Kier alpha value is -5.75. The van der Waals surface area contributed by atoms with Crippen molar-refractivity contribution in [1.29, 1.82) is 5.26 Å². The van der Waals surface area contributed by atoms with Crippen LogP contribution in [-0.4, -0.2) is 39.9 Å². The molecule has 0 saturated heterocycles. The number of aromatic amines is 2. The second-order valence-corrected chi connectivity index (χ2v) is 10.1. The van der Waals surface area contributed by atoms with Gasteiger partial charge in [-0.2, -0.15) is 5.26 Å². The molecule has 4 aromatic carbocycles. The summed E-state index contributed by atoms with van der Waals surface area (Å²) in [6.07, 6.45) is 0. The van der Waals surface area contributed by atoms with Crippen LogP contribution in [0.2, 0.25) is 0 Å². The minimum atomic E-state index is 0. The molecule has 9 rings (SSSR count). The third kappa shape index (κ3) is 3.70. The Morgan fingerprint density at radius 1 is 0.442 bits per heavy atom. The molecular formula is C33H17CuN9. The zero-order chi connectivity index (χ0) is 27.8. The average molecular weight is 603 g/mol. The topological polar surface area (TPSA) is 133 Å². The average Bonchev–Trinajstić information content (AvgIpc) is 3.76. The summed E-state index contributed by atoms with van der Waals surface area (Å²) in [5.74, 6) is 2.11. The third-order valence-corrected chi connectivity index (χ3v) is 7.70. The van der Waals surface area contributed by atoms with Crippen LogP contribution >= 0.6 is 0 Å². The van der Waals surface area contributed by atoms with Gasteiger partial charge in [0.05, 0.1) is 11.6 Å². The van der Waals surface area contributed by atoms with Crippen LogP contribution in [0.3, 0.4) is 0 Å². The molecule has 2 aliphatic rings. The zero-order valence-corrected chi connectivity index (χ0v) is 23.0. The van der Waals surface area contributed by atoms with Crippen LogP contribution in [0.15, 0.2) is 91.0 Å². The monoisotopic (exact) mass is 602 g/mol. The van der Waals surface area contributed by atoms with E-state index in [2.05, 4.69) is 16.0 Å². The summed E-state index contributed by atoms with van der Waals surface area (Å²) in [5.41, 5.74) is 6.30. The Morgan fingerprint density at radius 3 is 1.33 bits per heavy atom. The number of nitrogens with zero attached hydrogens (tertiary/aromatic N) is 7. The maximum atomic E-state index is 9.99. The molecule has 1 radical (unpaired) electrons. The van der Waals surface area contributed by atoms with Crippen LogP contribution in [0, 0.1) is 11.3 Å². The van der Waals surface area contributed by atoms with Crippen molar-refractivity contribution >= 4 is 44.1 Å². The quantitative estimate of drug-likeness (QED) is 0.184. The summed E-state index contributed by atoms with van der Waals surface area (Å²) >= 11 is 0. The van der Waals surface area contributed by atoms with Crippen molar-refractivity contribution in [1.82, 2.24) is 39.9 Å². The van der Waals surface area contributed by atoms with Gasteiger partial charge in [-0.25, -0.2) is 29.9 Å². The predicted octanol–water partition coefficient (Wildman–Crippen LogP) is 6.74. The van der Waals surface area contributed by atoms with Gasteiger partial charge in [-0.1, -0.05) is 84.9 Å². The standard InChI is InChI=1S/C33H17N9.Cu/c34-16-17-8-7-15-24-25(17)33-41-31-23-14-6-5-13-22(23)29(39-31)37-27-19-10-2-1-9-18(19)26(35-27)36-28-20-11-3-4-12-21(20)30(38-28)40-32(24)42-33;/h1-15H,(H2,35,36,37,38,39,40,41,42);. The molecule has 3 aromatic heterocycles. The van der Waals surface area contributed by atoms with E-state index < -0.39 is 0 Å². The molecule has 2 N–H and O–H groups in total. The van der Waals surface area contributed by atoms with Crippen molar-refractivity contribution in [3.05, 3.63) is 96.6 Å². The summed E-state index contributed by atoms with van der Waals surface area (Å²) in [6.45, 7) is 0. The second kappa shape index (κ2) is 9.39. The van der Waals surface area contributed by atoms with Gasteiger partial charge in [0.2, 0.25) is 0 Å². The predicted molar refractivity (Wildman–Crippen MR) is 161 cm³/mol. The van der Waals surface area contributed by atoms with E-state index in [1.807, 2.05) is 84.9 Å². The van der Waals surface area contributed by atoms with E-state index in [1.165, 1.54) is 0 Å². The number of rotatable bonds is 0. The fourth-order valence-electron chi connectivity index (χ4n) is 5.78. The van der Waals surface area contributed by atoms with Crippen LogP contribution in [0.4, 0.5) is 0 Å². The van der Waals surface area contributed by atoms with Crippen molar-refractivity contribution in [3.63, 3.8) is 0 Å². The van der Waals surface area contributed by atoms with Crippen molar-refractivity contribution in [2.24, 2.45) is 0 Å². The van der Waals surface area contributed by atoms with Gasteiger partial charge in [0, 0.05) is 60.9 Å². The van der Waals surface area contributed by atoms with E-state index in [0.29, 0.717) is 56.8 Å². The first kappa shape index (κ1) is 25.0. The summed E-state index contributed by atoms with van der Waals surface area (Å²) in [5, 5.41) is 13.3. The van der Waals surface area contributed by atoms with E-state index in [0.717, 1.165) is 38.4 Å². The Bertz CT molecular complexity index is 2500. The number of aromatic nitrogens is 8. The molecule has 7 aromatic rings. The van der Waals surface area contributed by atoms with Gasteiger partial charge in [-0.15, -0.1) is 0 Å². The molecule has 0 fully saturated rings. The molecule has 5 heterocycles. The molecule has 8 bridgehead atoms. The first-order valence-electron chi connectivity index (χ1n) is 13.4. The molecule has 205 valence electrons. The van der Waals surface area contributed by atoms with E-state index in [-0.39, 0.29) is 17.1 Å². The summed E-state index contributed by atoms with van der Waals surface area (Å²) in [6, 6.07) is 31.6. The molecule has 9 nitrogen and oxygen atoms in total. The summed E-state index contributed by atoms with van der Waals surface area (Å²) in [4.78, 5) is 36.5. The Morgan fingerprint density at radius 2 is 0.837 bits per heavy atom. The normalized spacial score (nSPS) is 11.5. The van der Waals surface area contributed by atoms with Crippen molar-refractivity contribution in [3.8, 4) is 51.6 Å². The Balaban J connectivity index is 0.00000278. The van der Waals surface area contributed by atoms with E-state index in [1.54, 1.807) is 6.07 Å². The number of hydrogen-bond donors (Lipinski definition) is 2. The smallest absolute Gasteiger partial charge is 0.164 e. The minimum absolute atomic E-state index is 0. The fourth-order valence-corrected chi connectivity index (χ4v) is 5.78. The molecule has 10 heteroatoms. The van der Waals surface area contributed by atoms with Crippen LogP contribution in [0.5, 0.6) is 0 Å². The summed E-state index contributed by atoms with van der Waals surface area (Å²) < 4.78 is 0. The van der Waals surface area contributed by atoms with Gasteiger partial charge in [0.1, 0.15) is 22.6 Å². The number of H-pyrrole nitrogens is 2. The van der Waals surface area contributed by atoms with E-state index in [9.17, 15) is 5.26 Å². The molecule has 43 heavy (non-hydrogen) atoms. The van der Waals surface area contributed by atoms with Gasteiger partial charge in [-0.05, 0) is 6.07 Å². The Labute approximate surface area is 253 Å². The van der Waals surface area contributed by atoms with Gasteiger partial charge in [0.15, 0.2) is 23.3 Å². The number of benzene rings is 4. The van der Waals surface area contributed by atoms with E-state index in [4.69, 9.17) is 29.9 Å². The van der Waals surface area contributed by atoms with Crippen LogP contribution in [0.25, 0.3) is 89.7 Å². The van der Waals surface area contributed by atoms with Crippen molar-refractivity contribution in [2.45, 2.75) is 0 Å². The zero-order valence-electron chi connectivity index (χ0n) is 22.1. The summed E-state index contributed by atoms with van der Waals surface area (Å²) in [7, 11) is 0. The minimum Gasteiger partial charge on any atom is -0.324 e. The number of hydrogen-bond acceptors (Lipinski definition) is 7. The van der Waals surface area contributed by atoms with Gasteiger partial charge < -0.3 is 9.97 Å². The van der Waals surface area contributed by atoms with Crippen LogP contribution in [-0.2, 0) is 17.1 Å². The largest absolute Gasteiger partial charge is 0.324 e. The molecule has 2 aliphatic heterocycles. The molecule has 0 saturated carbocycles. The molecule has 0 spiro atoms. The molecular weight excluding hydrogens is 586 g/mol. The molecule has 0 unspecified atom stereocenters. The van der Waals surface area contributed by atoms with Crippen LogP contribution in [0.1, 0.15) is 5.56 Å². The van der Waals surface area contributed by atoms with Crippen molar-refractivity contribution < 1.29 is 17.1 Å². The van der Waals surface area contributed by atoms with Gasteiger partial charge in [0.25, 0.3) is 0 Å². The third-order valence-electron chi connectivity index (χ3n) is 7.70. The van der Waals surface area contributed by atoms with Gasteiger partial charge in [-0.3, -0.25) is 0 Å². The SMILES string of the molecule is N#Cc1cccc2c3nc4nc(nc5[nH]c(nc6nc(nc([nH]3)c12)-c1ccccc1-6)c1ccccc51)-c1ccccc1-4.[Cu]. The number of nitriles is 1. The van der Waals surface area contributed by atoms with Gasteiger partial charge >= 0.3 is 0 Å². The number of nitrogens with one attached hydrogen (secondary N) is 2. The molecule has 0 amide bonds. The maximum Gasteiger partial charge on any atom is 0.164 e. The second-order valence-electron chi connectivity index (χ2n) is 10.1. The molecule has 0 aliphatic carbocycles. The number of fused-ring (bicyclic) bond motifs is 20. The Kier molecular flexibility index (Phi) is 5.46. The molecule has 0 atom stereocenters. The first-order valence-corrected chi connectivity index (χ1v) is 13.4. The first-order chi connectivity index (χ1) is 20.7. The van der Waals surface area contributed by atoms with Crippen LogP contribution < -0.4 is 0 Å². The van der Waals surface area contributed by atoms with E-state index >= 15 is 0 Å². The fraction of sp³-hybridized carbons (Fsp3) is 0. The van der Waals surface area contributed by atoms with Crippen molar-refractivity contribution in [2.75, 3.05) is 0 Å². The maximum absolute atomic E-state index is 9.99.